The van der Waals surface area contributed by atoms with Crippen LogP contribution in [-0.4, -0.2) is 46.3 Å². The minimum atomic E-state index is -0.705. The molecule has 0 fully saturated rings. The Morgan fingerprint density at radius 2 is 1.37 bits per heavy atom. The van der Waals surface area contributed by atoms with Crippen molar-refractivity contribution < 1.29 is 15.0 Å². The van der Waals surface area contributed by atoms with Crippen molar-refractivity contribution in [2.45, 2.75) is 58.8 Å². The first-order chi connectivity index (χ1) is 17.0. The van der Waals surface area contributed by atoms with Crippen molar-refractivity contribution in [2.24, 2.45) is 0 Å². The summed E-state index contributed by atoms with van der Waals surface area (Å²) < 4.78 is 0. The predicted octanol–water partition coefficient (Wildman–Crippen LogP) is 5.82. The lowest BCUT2D eigenvalue weighted by molar-refractivity contribution is -0.137. The first-order valence-corrected chi connectivity index (χ1v) is 12.5. The monoisotopic (exact) mass is 475 g/mol. The van der Waals surface area contributed by atoms with Crippen LogP contribution >= 0.6 is 0 Å². The summed E-state index contributed by atoms with van der Waals surface area (Å²) in [7, 11) is 1.00. The summed E-state index contributed by atoms with van der Waals surface area (Å²) in [5.74, 6) is 0.307. The lowest BCUT2D eigenvalue weighted by atomic mass is 10.0. The largest absolute Gasteiger partial charge is 0.481 e. The Kier molecular flexibility index (Phi) is 9.79. The van der Waals surface area contributed by atoms with Crippen molar-refractivity contribution >= 4 is 11.8 Å². The number of unbranched alkanes of at least 4 members (excludes halogenated alkanes) is 3. The highest BCUT2D eigenvalue weighted by Gasteiger charge is 2.23. The van der Waals surface area contributed by atoms with E-state index in [1.165, 1.54) is 11.1 Å². The number of benzene rings is 2. The minimum Gasteiger partial charge on any atom is -0.481 e. The Hall–Kier alpha value is -3.25. The minimum absolute atomic E-state index is 0.264. The molecule has 1 aliphatic rings. The first kappa shape index (κ1) is 26.4. The van der Waals surface area contributed by atoms with Crippen LogP contribution in [0.3, 0.4) is 0 Å². The number of aryl methyl sites for hydroxylation is 3. The van der Waals surface area contributed by atoms with E-state index in [1.54, 1.807) is 0 Å². The SMILES string of the molecule is CO.Cc1ccc(-c2nc3c(nc2-c2ccc(C)cc2)N(CCCCCCC(=O)O)CCC3)cc1. The summed E-state index contributed by atoms with van der Waals surface area (Å²) >= 11 is 0. The molecule has 2 heterocycles. The zero-order chi connectivity index (χ0) is 25.2. The summed E-state index contributed by atoms with van der Waals surface area (Å²) in [5.41, 5.74) is 7.62. The Balaban J connectivity index is 0.00000167. The number of carbonyl (C=O) groups is 1. The van der Waals surface area contributed by atoms with Crippen LogP contribution in [0.25, 0.3) is 22.5 Å². The average molecular weight is 476 g/mol. The zero-order valence-electron chi connectivity index (χ0n) is 21.1. The van der Waals surface area contributed by atoms with Gasteiger partial charge in [0.1, 0.15) is 0 Å². The Morgan fingerprint density at radius 3 is 1.94 bits per heavy atom. The highest BCUT2D eigenvalue weighted by Crippen LogP contribution is 2.35. The number of nitrogens with zero attached hydrogens (tertiary/aromatic N) is 3. The summed E-state index contributed by atoms with van der Waals surface area (Å²) in [6.07, 6.45) is 6.09. The molecule has 6 heteroatoms. The average Bonchev–Trinajstić information content (AvgIpc) is 2.87. The van der Waals surface area contributed by atoms with Crippen molar-refractivity contribution in [1.82, 2.24) is 9.97 Å². The molecule has 0 radical (unpaired) electrons. The van der Waals surface area contributed by atoms with Gasteiger partial charge in [-0.2, -0.15) is 0 Å². The van der Waals surface area contributed by atoms with Gasteiger partial charge >= 0.3 is 5.97 Å². The Morgan fingerprint density at radius 1 is 0.829 bits per heavy atom. The summed E-state index contributed by atoms with van der Waals surface area (Å²) in [4.78, 5) is 23.5. The van der Waals surface area contributed by atoms with Crippen molar-refractivity contribution in [1.29, 1.82) is 0 Å². The van der Waals surface area contributed by atoms with Gasteiger partial charge in [-0.15, -0.1) is 0 Å². The maximum atomic E-state index is 10.7. The fraction of sp³-hybridized carbons (Fsp3) is 0.414. The molecule has 35 heavy (non-hydrogen) atoms. The fourth-order valence-corrected chi connectivity index (χ4v) is 4.40. The number of carboxylic acids is 1. The molecule has 6 nitrogen and oxygen atoms in total. The number of hydrogen-bond acceptors (Lipinski definition) is 5. The molecular formula is C29H37N3O3. The van der Waals surface area contributed by atoms with Crippen LogP contribution in [0.15, 0.2) is 48.5 Å². The molecule has 186 valence electrons. The van der Waals surface area contributed by atoms with Gasteiger partial charge < -0.3 is 15.1 Å². The molecule has 3 aromatic rings. The number of rotatable bonds is 9. The van der Waals surface area contributed by atoms with Gasteiger partial charge in [0.25, 0.3) is 0 Å². The molecule has 1 aromatic heterocycles. The van der Waals surface area contributed by atoms with Gasteiger partial charge in [0.05, 0.1) is 17.1 Å². The highest BCUT2D eigenvalue weighted by atomic mass is 16.4. The van der Waals surface area contributed by atoms with Crippen molar-refractivity contribution in [3.63, 3.8) is 0 Å². The number of hydrogen-bond donors (Lipinski definition) is 2. The molecular weight excluding hydrogens is 438 g/mol. The third-order valence-electron chi connectivity index (χ3n) is 6.31. The fourth-order valence-electron chi connectivity index (χ4n) is 4.40. The van der Waals surface area contributed by atoms with E-state index in [4.69, 9.17) is 20.2 Å². The Bertz CT molecular complexity index is 1100. The van der Waals surface area contributed by atoms with Crippen molar-refractivity contribution in [3.8, 4) is 22.5 Å². The van der Waals surface area contributed by atoms with E-state index in [1.807, 2.05) is 0 Å². The third kappa shape index (κ3) is 7.12. The second-order valence-corrected chi connectivity index (χ2v) is 9.07. The molecule has 2 aromatic carbocycles. The maximum Gasteiger partial charge on any atom is 0.303 e. The number of fused-ring (bicyclic) bond motifs is 1. The van der Waals surface area contributed by atoms with Crippen molar-refractivity contribution in [3.05, 3.63) is 65.4 Å². The zero-order valence-corrected chi connectivity index (χ0v) is 21.1. The summed E-state index contributed by atoms with van der Waals surface area (Å²) in [6.45, 7) is 6.13. The van der Waals surface area contributed by atoms with Gasteiger partial charge in [0, 0.05) is 37.7 Å². The molecule has 0 saturated heterocycles. The first-order valence-electron chi connectivity index (χ1n) is 12.5. The smallest absolute Gasteiger partial charge is 0.303 e. The molecule has 0 spiro atoms. The van der Waals surface area contributed by atoms with Crippen LogP contribution in [0.4, 0.5) is 5.82 Å². The third-order valence-corrected chi connectivity index (χ3v) is 6.31. The molecule has 0 atom stereocenters. The van der Waals surface area contributed by atoms with E-state index in [0.29, 0.717) is 0 Å². The standard InChI is InChI=1S/C28H33N3O2.CH4O/c1-20-10-14-22(15-11-20)26-27(23-16-12-21(2)13-17-23)30-28-24(29-26)8-7-19-31(28)18-6-4-3-5-9-25(32)33;1-2/h10-17H,3-9,18-19H2,1-2H3,(H,32,33);2H,1H3. The topological polar surface area (TPSA) is 86.6 Å². The number of anilines is 1. The molecule has 0 bridgehead atoms. The molecule has 0 unspecified atom stereocenters. The molecule has 0 amide bonds. The quantitative estimate of drug-likeness (QED) is 0.379. The normalized spacial score (nSPS) is 12.5. The Labute approximate surface area is 208 Å². The van der Waals surface area contributed by atoms with E-state index >= 15 is 0 Å². The van der Waals surface area contributed by atoms with Crippen LogP contribution in [0, 0.1) is 13.8 Å². The summed E-state index contributed by atoms with van der Waals surface area (Å²) in [5, 5.41) is 15.8. The van der Waals surface area contributed by atoms with Gasteiger partial charge in [-0.05, 0) is 39.5 Å². The molecule has 2 N–H and O–H groups in total. The van der Waals surface area contributed by atoms with Gasteiger partial charge in [-0.1, -0.05) is 72.5 Å². The molecule has 1 aliphatic heterocycles. The van der Waals surface area contributed by atoms with Crippen LogP contribution in [0.1, 0.15) is 55.3 Å². The summed E-state index contributed by atoms with van der Waals surface area (Å²) in [6, 6.07) is 17.1. The number of aliphatic hydroxyl groups excluding tert-OH is 1. The van der Waals surface area contributed by atoms with Gasteiger partial charge in [0.2, 0.25) is 0 Å². The van der Waals surface area contributed by atoms with E-state index < -0.39 is 5.97 Å². The van der Waals surface area contributed by atoms with E-state index in [-0.39, 0.29) is 6.42 Å². The molecule has 0 aliphatic carbocycles. The van der Waals surface area contributed by atoms with Crippen LogP contribution in [-0.2, 0) is 11.2 Å². The van der Waals surface area contributed by atoms with Gasteiger partial charge in [-0.25, -0.2) is 9.97 Å². The van der Waals surface area contributed by atoms with Crippen LogP contribution in [0.2, 0.25) is 0 Å². The van der Waals surface area contributed by atoms with Crippen molar-refractivity contribution in [2.75, 3.05) is 25.1 Å². The molecule has 4 rings (SSSR count). The lowest BCUT2D eigenvalue weighted by Gasteiger charge is -2.30. The number of aliphatic carboxylic acids is 1. The lowest BCUT2D eigenvalue weighted by Crippen LogP contribution is -2.32. The second-order valence-electron chi connectivity index (χ2n) is 9.07. The number of aliphatic hydroxyl groups is 1. The van der Waals surface area contributed by atoms with Gasteiger partial charge in [0.15, 0.2) is 5.82 Å². The van der Waals surface area contributed by atoms with Crippen LogP contribution in [0.5, 0.6) is 0 Å². The van der Waals surface area contributed by atoms with E-state index in [0.717, 1.165) is 92.8 Å². The predicted molar refractivity (Wildman–Crippen MR) is 142 cm³/mol. The maximum absolute atomic E-state index is 10.7. The van der Waals surface area contributed by atoms with E-state index in [2.05, 4.69) is 67.3 Å². The molecule has 0 saturated carbocycles. The van der Waals surface area contributed by atoms with Crippen LogP contribution < -0.4 is 4.90 Å². The number of aromatic nitrogens is 2. The van der Waals surface area contributed by atoms with E-state index in [9.17, 15) is 4.79 Å². The highest BCUT2D eigenvalue weighted by molar-refractivity contribution is 5.79. The second kappa shape index (κ2) is 13.0. The van der Waals surface area contributed by atoms with Gasteiger partial charge in [-0.3, -0.25) is 4.79 Å². The number of carboxylic acid groups (broad SMARTS) is 1.